The van der Waals surface area contributed by atoms with Crippen molar-refractivity contribution in [3.8, 4) is 0 Å². The molecule has 0 saturated carbocycles. The third kappa shape index (κ3) is 5.28. The summed E-state index contributed by atoms with van der Waals surface area (Å²) < 4.78 is 5.59. The minimum Gasteiger partial charge on any atom is -0.375 e. The number of anilines is 1. The van der Waals surface area contributed by atoms with E-state index in [4.69, 9.17) is 4.74 Å². The van der Waals surface area contributed by atoms with Crippen molar-refractivity contribution in [1.29, 1.82) is 0 Å². The number of nitrogens with zero attached hydrogens (tertiary/aromatic N) is 2. The molecule has 2 heterocycles. The number of aromatic nitrogens is 1. The van der Waals surface area contributed by atoms with Gasteiger partial charge in [-0.3, -0.25) is 4.79 Å². The highest BCUT2D eigenvalue weighted by molar-refractivity contribution is 5.76. The van der Waals surface area contributed by atoms with Crippen molar-refractivity contribution in [3.05, 3.63) is 59.8 Å². The molecule has 0 spiro atoms. The number of hydrogen-bond acceptors (Lipinski definition) is 5. The van der Waals surface area contributed by atoms with Crippen LogP contribution in [-0.2, 0) is 22.6 Å². The number of pyridine rings is 1. The van der Waals surface area contributed by atoms with Gasteiger partial charge in [0.05, 0.1) is 19.1 Å². The number of ether oxygens (including phenoxy) is 1. The van der Waals surface area contributed by atoms with Gasteiger partial charge in [-0.1, -0.05) is 36.4 Å². The molecular formula is C20H26N4O2. The second kappa shape index (κ2) is 9.31. The average molecular weight is 354 g/mol. The van der Waals surface area contributed by atoms with Gasteiger partial charge in [-0.05, 0) is 11.6 Å². The maximum Gasteiger partial charge on any atom is 0.222 e. The summed E-state index contributed by atoms with van der Waals surface area (Å²) in [7, 11) is 2.02. The van der Waals surface area contributed by atoms with Crippen LogP contribution in [-0.4, -0.2) is 43.7 Å². The Kier molecular flexibility index (Phi) is 6.57. The van der Waals surface area contributed by atoms with Crippen molar-refractivity contribution in [2.24, 2.45) is 0 Å². The third-order valence-corrected chi connectivity index (χ3v) is 4.39. The lowest BCUT2D eigenvalue weighted by molar-refractivity contribution is -0.124. The average Bonchev–Trinajstić information content (AvgIpc) is 2.68. The molecule has 0 unspecified atom stereocenters. The smallest absolute Gasteiger partial charge is 0.222 e. The third-order valence-electron chi connectivity index (χ3n) is 4.39. The van der Waals surface area contributed by atoms with Crippen molar-refractivity contribution in [3.63, 3.8) is 0 Å². The SMILES string of the molecule is CN(Cc1ccccc1)c1ncccc1CNC(=O)C[C@H]1CNCCO1. The first-order chi connectivity index (χ1) is 12.7. The van der Waals surface area contributed by atoms with Crippen molar-refractivity contribution >= 4 is 11.7 Å². The Hall–Kier alpha value is -2.44. The number of carbonyl (C=O) groups is 1. The Balaban J connectivity index is 1.57. The summed E-state index contributed by atoms with van der Waals surface area (Å²) in [6.45, 7) is 3.47. The van der Waals surface area contributed by atoms with E-state index in [-0.39, 0.29) is 12.0 Å². The van der Waals surface area contributed by atoms with Crippen LogP contribution in [0.5, 0.6) is 0 Å². The van der Waals surface area contributed by atoms with Crippen LogP contribution in [0.4, 0.5) is 5.82 Å². The van der Waals surface area contributed by atoms with Gasteiger partial charge >= 0.3 is 0 Å². The van der Waals surface area contributed by atoms with Gasteiger partial charge in [0, 0.05) is 45.0 Å². The Morgan fingerprint density at radius 1 is 1.31 bits per heavy atom. The molecule has 1 saturated heterocycles. The summed E-state index contributed by atoms with van der Waals surface area (Å²) in [5.74, 6) is 0.881. The van der Waals surface area contributed by atoms with Gasteiger partial charge in [0.25, 0.3) is 0 Å². The van der Waals surface area contributed by atoms with Gasteiger partial charge in [0.2, 0.25) is 5.91 Å². The van der Waals surface area contributed by atoms with E-state index in [1.54, 1.807) is 6.20 Å². The molecule has 1 atom stereocenters. The standard InChI is InChI=1S/C20H26N4O2/c1-24(15-16-6-3-2-4-7-16)20-17(8-5-9-22-20)13-23-19(25)12-18-14-21-10-11-26-18/h2-9,18,21H,10-15H2,1H3,(H,23,25)/t18-/m0/s1. The number of rotatable bonds is 7. The van der Waals surface area contributed by atoms with E-state index in [0.29, 0.717) is 19.6 Å². The molecule has 1 aliphatic rings. The lowest BCUT2D eigenvalue weighted by atomic mass is 10.2. The van der Waals surface area contributed by atoms with Crippen LogP contribution in [0.3, 0.4) is 0 Å². The van der Waals surface area contributed by atoms with Gasteiger partial charge in [0.15, 0.2) is 0 Å². The van der Waals surface area contributed by atoms with Crippen LogP contribution < -0.4 is 15.5 Å². The highest BCUT2D eigenvalue weighted by Gasteiger charge is 2.17. The fraction of sp³-hybridized carbons (Fsp3) is 0.400. The first-order valence-corrected chi connectivity index (χ1v) is 9.00. The second-order valence-electron chi connectivity index (χ2n) is 6.51. The molecule has 2 N–H and O–H groups in total. The van der Waals surface area contributed by atoms with E-state index in [2.05, 4.69) is 32.7 Å². The summed E-state index contributed by atoms with van der Waals surface area (Å²) in [6, 6.07) is 14.2. The molecule has 0 radical (unpaired) electrons. The minimum absolute atomic E-state index is 0.000726. The fourth-order valence-electron chi connectivity index (χ4n) is 3.07. The van der Waals surface area contributed by atoms with Crippen molar-refractivity contribution in [1.82, 2.24) is 15.6 Å². The molecule has 3 rings (SSSR count). The van der Waals surface area contributed by atoms with Crippen LogP contribution >= 0.6 is 0 Å². The van der Waals surface area contributed by atoms with Crippen LogP contribution in [0.1, 0.15) is 17.5 Å². The van der Waals surface area contributed by atoms with Crippen LogP contribution in [0.2, 0.25) is 0 Å². The number of carbonyl (C=O) groups excluding carboxylic acids is 1. The number of benzene rings is 1. The predicted octanol–water partition coefficient (Wildman–Crippen LogP) is 1.71. The topological polar surface area (TPSA) is 66.5 Å². The van der Waals surface area contributed by atoms with Crippen molar-refractivity contribution in [2.45, 2.75) is 25.6 Å². The van der Waals surface area contributed by atoms with Crippen molar-refractivity contribution < 1.29 is 9.53 Å². The quantitative estimate of drug-likeness (QED) is 0.792. The predicted molar refractivity (Wildman–Crippen MR) is 102 cm³/mol. The van der Waals surface area contributed by atoms with Crippen LogP contribution in [0, 0.1) is 0 Å². The van der Waals surface area contributed by atoms with Crippen LogP contribution in [0.25, 0.3) is 0 Å². The zero-order valence-corrected chi connectivity index (χ0v) is 15.1. The number of amides is 1. The van der Waals surface area contributed by atoms with Crippen LogP contribution in [0.15, 0.2) is 48.7 Å². The zero-order valence-electron chi connectivity index (χ0n) is 15.1. The van der Waals surface area contributed by atoms with E-state index in [0.717, 1.165) is 31.0 Å². The fourth-order valence-corrected chi connectivity index (χ4v) is 3.07. The Labute approximate surface area is 154 Å². The molecule has 26 heavy (non-hydrogen) atoms. The minimum atomic E-state index is -0.0436. The lowest BCUT2D eigenvalue weighted by Crippen LogP contribution is -2.41. The van der Waals surface area contributed by atoms with E-state index in [9.17, 15) is 4.79 Å². The summed E-state index contributed by atoms with van der Waals surface area (Å²) in [4.78, 5) is 18.8. The molecular weight excluding hydrogens is 328 g/mol. The lowest BCUT2D eigenvalue weighted by Gasteiger charge is -2.23. The monoisotopic (exact) mass is 354 g/mol. The Bertz CT molecular complexity index is 702. The zero-order chi connectivity index (χ0) is 18.2. The van der Waals surface area contributed by atoms with Gasteiger partial charge in [-0.15, -0.1) is 0 Å². The summed E-state index contributed by atoms with van der Waals surface area (Å²) in [6.07, 6.45) is 2.12. The molecule has 6 nitrogen and oxygen atoms in total. The molecule has 0 aliphatic carbocycles. The second-order valence-corrected chi connectivity index (χ2v) is 6.51. The van der Waals surface area contributed by atoms with Gasteiger partial charge in [-0.2, -0.15) is 0 Å². The molecule has 2 aromatic rings. The van der Waals surface area contributed by atoms with Gasteiger partial charge < -0.3 is 20.3 Å². The van der Waals surface area contributed by atoms with Gasteiger partial charge in [0.1, 0.15) is 5.82 Å². The first-order valence-electron chi connectivity index (χ1n) is 9.00. The largest absolute Gasteiger partial charge is 0.375 e. The Morgan fingerprint density at radius 2 is 2.15 bits per heavy atom. The number of hydrogen-bond donors (Lipinski definition) is 2. The summed E-state index contributed by atoms with van der Waals surface area (Å²) in [5.41, 5.74) is 2.22. The van der Waals surface area contributed by atoms with Gasteiger partial charge in [-0.25, -0.2) is 4.98 Å². The van der Waals surface area contributed by atoms with E-state index < -0.39 is 0 Å². The molecule has 1 aromatic carbocycles. The normalized spacial score (nSPS) is 16.9. The summed E-state index contributed by atoms with van der Waals surface area (Å²) >= 11 is 0. The molecule has 6 heteroatoms. The molecule has 1 fully saturated rings. The Morgan fingerprint density at radius 3 is 2.92 bits per heavy atom. The van der Waals surface area contributed by atoms with E-state index in [1.807, 2.05) is 37.4 Å². The molecule has 0 bridgehead atoms. The summed E-state index contributed by atoms with van der Waals surface area (Å²) in [5, 5.41) is 6.23. The highest BCUT2D eigenvalue weighted by Crippen LogP contribution is 2.18. The van der Waals surface area contributed by atoms with E-state index in [1.165, 1.54) is 5.56 Å². The maximum absolute atomic E-state index is 12.2. The highest BCUT2D eigenvalue weighted by atomic mass is 16.5. The molecule has 138 valence electrons. The maximum atomic E-state index is 12.2. The first kappa shape index (κ1) is 18.4. The molecule has 1 amide bonds. The molecule has 1 aliphatic heterocycles. The van der Waals surface area contributed by atoms with Crippen molar-refractivity contribution in [2.75, 3.05) is 31.6 Å². The molecule has 1 aromatic heterocycles. The van der Waals surface area contributed by atoms with E-state index >= 15 is 0 Å². The number of morpholine rings is 1. The number of nitrogens with one attached hydrogen (secondary N) is 2.